The molecular formula is C31H36ClN3O5S. The molecule has 0 saturated heterocycles. The predicted molar refractivity (Wildman–Crippen MR) is 161 cm³/mol. The number of halogens is 1. The van der Waals surface area contributed by atoms with Crippen molar-refractivity contribution in [2.24, 2.45) is 0 Å². The number of amides is 2. The first kappa shape index (κ1) is 30.4. The van der Waals surface area contributed by atoms with E-state index in [9.17, 15) is 18.0 Å². The summed E-state index contributed by atoms with van der Waals surface area (Å²) in [5.41, 5.74) is 1.94. The number of ether oxygens (including phenoxy) is 1. The van der Waals surface area contributed by atoms with Crippen LogP contribution >= 0.6 is 11.6 Å². The van der Waals surface area contributed by atoms with E-state index in [-0.39, 0.29) is 29.1 Å². The molecule has 1 N–H and O–H groups in total. The number of hydrogen-bond donors (Lipinski definition) is 1. The van der Waals surface area contributed by atoms with Gasteiger partial charge in [-0.3, -0.25) is 13.9 Å². The average Bonchev–Trinajstić information content (AvgIpc) is 3.48. The Labute approximate surface area is 247 Å². The maximum atomic E-state index is 14.1. The van der Waals surface area contributed by atoms with Crippen molar-refractivity contribution in [1.29, 1.82) is 0 Å². The Morgan fingerprint density at radius 2 is 1.68 bits per heavy atom. The smallest absolute Gasteiger partial charge is 0.264 e. The number of sulfonamides is 1. The van der Waals surface area contributed by atoms with E-state index in [2.05, 4.69) is 5.32 Å². The van der Waals surface area contributed by atoms with E-state index in [1.54, 1.807) is 62.6 Å². The Balaban J connectivity index is 1.68. The van der Waals surface area contributed by atoms with Crippen molar-refractivity contribution in [3.63, 3.8) is 0 Å². The summed E-state index contributed by atoms with van der Waals surface area (Å²) in [7, 11) is -2.58. The molecule has 2 amide bonds. The van der Waals surface area contributed by atoms with Gasteiger partial charge in [-0.05, 0) is 80.8 Å². The van der Waals surface area contributed by atoms with Gasteiger partial charge in [0.25, 0.3) is 10.0 Å². The zero-order chi connectivity index (χ0) is 29.6. The fourth-order valence-corrected chi connectivity index (χ4v) is 6.46. The van der Waals surface area contributed by atoms with Crippen molar-refractivity contribution in [3.05, 3.63) is 88.9 Å². The van der Waals surface area contributed by atoms with E-state index in [4.69, 9.17) is 16.3 Å². The van der Waals surface area contributed by atoms with Crippen LogP contribution in [-0.4, -0.2) is 50.9 Å². The summed E-state index contributed by atoms with van der Waals surface area (Å²) in [6.07, 6.45) is 3.92. The first-order valence-electron chi connectivity index (χ1n) is 13.7. The summed E-state index contributed by atoms with van der Waals surface area (Å²) in [5.74, 6) is -0.178. The second-order valence-electron chi connectivity index (χ2n) is 10.3. The highest BCUT2D eigenvalue weighted by atomic mass is 35.5. The summed E-state index contributed by atoms with van der Waals surface area (Å²) >= 11 is 6.08. The molecule has 1 atom stereocenters. The molecule has 3 aromatic rings. The molecule has 1 aliphatic carbocycles. The molecular weight excluding hydrogens is 562 g/mol. The minimum atomic E-state index is -4.14. The van der Waals surface area contributed by atoms with Gasteiger partial charge in [0.1, 0.15) is 18.3 Å². The number of anilines is 1. The molecule has 1 fully saturated rings. The number of nitrogens with zero attached hydrogens (tertiary/aromatic N) is 2. The van der Waals surface area contributed by atoms with E-state index in [0.717, 1.165) is 41.1 Å². The van der Waals surface area contributed by atoms with Gasteiger partial charge in [0, 0.05) is 17.6 Å². The van der Waals surface area contributed by atoms with Crippen LogP contribution < -0.4 is 14.4 Å². The summed E-state index contributed by atoms with van der Waals surface area (Å²) in [6, 6.07) is 19.2. The fourth-order valence-electron chi connectivity index (χ4n) is 4.92. The van der Waals surface area contributed by atoms with Gasteiger partial charge >= 0.3 is 0 Å². The lowest BCUT2D eigenvalue weighted by molar-refractivity contribution is -0.139. The van der Waals surface area contributed by atoms with E-state index in [0.29, 0.717) is 10.8 Å². The summed E-state index contributed by atoms with van der Waals surface area (Å²) in [5, 5.41) is 3.51. The third kappa shape index (κ3) is 7.59. The zero-order valence-electron chi connectivity index (χ0n) is 23.5. The van der Waals surface area contributed by atoms with Crippen LogP contribution in [0.3, 0.4) is 0 Å². The highest BCUT2D eigenvalue weighted by molar-refractivity contribution is 7.92. The third-order valence-corrected chi connectivity index (χ3v) is 9.40. The third-order valence-electron chi connectivity index (χ3n) is 7.36. The van der Waals surface area contributed by atoms with Gasteiger partial charge < -0.3 is 15.0 Å². The monoisotopic (exact) mass is 597 g/mol. The van der Waals surface area contributed by atoms with Gasteiger partial charge in [-0.1, -0.05) is 54.3 Å². The quantitative estimate of drug-likeness (QED) is 0.322. The van der Waals surface area contributed by atoms with Crippen molar-refractivity contribution in [2.75, 3.05) is 18.0 Å². The number of carbonyl (C=O) groups is 2. The molecule has 1 aliphatic rings. The van der Waals surface area contributed by atoms with E-state index < -0.39 is 28.5 Å². The molecule has 3 aromatic carbocycles. The average molecular weight is 598 g/mol. The van der Waals surface area contributed by atoms with Crippen LogP contribution in [0.25, 0.3) is 0 Å². The number of nitrogens with one attached hydrogen (secondary N) is 1. The maximum Gasteiger partial charge on any atom is 0.264 e. The molecule has 1 saturated carbocycles. The molecule has 0 radical (unpaired) electrons. The molecule has 0 aromatic heterocycles. The molecule has 10 heteroatoms. The van der Waals surface area contributed by atoms with Gasteiger partial charge in [0.2, 0.25) is 11.8 Å². The number of benzene rings is 3. The molecule has 218 valence electrons. The van der Waals surface area contributed by atoms with Gasteiger partial charge in [-0.15, -0.1) is 0 Å². The lowest BCUT2D eigenvalue weighted by atomic mass is 10.1. The minimum absolute atomic E-state index is 0.0530. The number of methoxy groups -OCH3 is 1. The standard InChI is InChI=1S/C31H36ClN3O5S/c1-22-11-17-29(18-12-22)41(38,39)35(27-15-13-25(32)14-16-27)21-30(36)34(20-24-7-6-10-28(19-24)40-3)23(2)31(37)33-26-8-4-5-9-26/h6-7,10-19,23,26H,4-5,8-9,20-21H2,1-3H3,(H,33,37)/t23-/m1/s1. The molecule has 8 nitrogen and oxygen atoms in total. The first-order valence-corrected chi connectivity index (χ1v) is 15.5. The van der Waals surface area contributed by atoms with Crippen LogP contribution in [0.15, 0.2) is 77.7 Å². The van der Waals surface area contributed by atoms with Crippen LogP contribution in [0, 0.1) is 6.92 Å². The lowest BCUT2D eigenvalue weighted by Gasteiger charge is -2.32. The highest BCUT2D eigenvalue weighted by Gasteiger charge is 2.33. The number of aryl methyl sites for hydroxylation is 1. The highest BCUT2D eigenvalue weighted by Crippen LogP contribution is 2.27. The topological polar surface area (TPSA) is 96.0 Å². The van der Waals surface area contributed by atoms with Gasteiger partial charge in [0.15, 0.2) is 0 Å². The van der Waals surface area contributed by atoms with Crippen LogP contribution in [-0.2, 0) is 26.2 Å². The normalized spacial score (nSPS) is 14.3. The first-order chi connectivity index (χ1) is 19.6. The summed E-state index contributed by atoms with van der Waals surface area (Å²) in [4.78, 5) is 28.9. The SMILES string of the molecule is COc1cccc(CN(C(=O)CN(c2ccc(Cl)cc2)S(=O)(=O)c2ccc(C)cc2)[C@H](C)C(=O)NC2CCCC2)c1. The summed E-state index contributed by atoms with van der Waals surface area (Å²) < 4.78 is 34.2. The number of rotatable bonds is 11. The van der Waals surface area contributed by atoms with Gasteiger partial charge in [-0.25, -0.2) is 8.42 Å². The van der Waals surface area contributed by atoms with Gasteiger partial charge in [-0.2, -0.15) is 0 Å². The Kier molecular flexibility index (Phi) is 9.94. The Bertz CT molecular complexity index is 1460. The second-order valence-corrected chi connectivity index (χ2v) is 12.6. The van der Waals surface area contributed by atoms with Crippen LogP contribution in [0.5, 0.6) is 5.75 Å². The van der Waals surface area contributed by atoms with E-state index in [1.807, 2.05) is 19.1 Å². The second kappa shape index (κ2) is 13.4. The lowest BCUT2D eigenvalue weighted by Crippen LogP contribution is -2.52. The Morgan fingerprint density at radius 1 is 1.02 bits per heavy atom. The minimum Gasteiger partial charge on any atom is -0.497 e. The number of carbonyl (C=O) groups excluding carboxylic acids is 2. The molecule has 0 aliphatic heterocycles. The van der Waals surface area contributed by atoms with Crippen LogP contribution in [0.4, 0.5) is 5.69 Å². The fraction of sp³-hybridized carbons (Fsp3) is 0.355. The number of hydrogen-bond acceptors (Lipinski definition) is 5. The Hall–Kier alpha value is -3.56. The summed E-state index contributed by atoms with van der Waals surface area (Å²) in [6.45, 7) is 3.12. The molecule has 0 bridgehead atoms. The van der Waals surface area contributed by atoms with E-state index >= 15 is 0 Å². The molecule has 0 unspecified atom stereocenters. The maximum absolute atomic E-state index is 14.1. The largest absolute Gasteiger partial charge is 0.497 e. The molecule has 4 rings (SSSR count). The van der Waals surface area contributed by atoms with E-state index in [1.165, 1.54) is 17.0 Å². The van der Waals surface area contributed by atoms with Crippen molar-refractivity contribution in [2.45, 2.75) is 63.1 Å². The van der Waals surface area contributed by atoms with Crippen LogP contribution in [0.2, 0.25) is 5.02 Å². The van der Waals surface area contributed by atoms with Crippen molar-refractivity contribution >= 4 is 39.1 Å². The molecule has 41 heavy (non-hydrogen) atoms. The van der Waals surface area contributed by atoms with Crippen molar-refractivity contribution < 1.29 is 22.7 Å². The predicted octanol–water partition coefficient (Wildman–Crippen LogP) is 5.33. The van der Waals surface area contributed by atoms with Gasteiger partial charge in [0.05, 0.1) is 17.7 Å². The Morgan fingerprint density at radius 3 is 2.32 bits per heavy atom. The van der Waals surface area contributed by atoms with Crippen LogP contribution in [0.1, 0.15) is 43.7 Å². The molecule has 0 spiro atoms. The molecule has 0 heterocycles. The van der Waals surface area contributed by atoms with Crippen molar-refractivity contribution in [3.8, 4) is 5.75 Å². The zero-order valence-corrected chi connectivity index (χ0v) is 25.1. The van der Waals surface area contributed by atoms with Crippen molar-refractivity contribution in [1.82, 2.24) is 10.2 Å².